The number of likely N-dealkylation sites (tertiary alicyclic amines) is 1. The molecule has 0 aromatic rings. The third kappa shape index (κ3) is 6.17. The third-order valence-corrected chi connectivity index (χ3v) is 4.16. The molecule has 1 N–H and O–H groups in total. The van der Waals surface area contributed by atoms with E-state index in [1.54, 1.807) is 0 Å². The molecule has 1 aliphatic rings. The van der Waals surface area contributed by atoms with Crippen molar-refractivity contribution in [1.29, 1.82) is 0 Å². The van der Waals surface area contributed by atoms with Gasteiger partial charge in [-0.05, 0) is 25.8 Å². The Morgan fingerprint density at radius 3 is 2.59 bits per heavy atom. The number of nitrogens with one attached hydrogen (secondary N) is 1. The van der Waals surface area contributed by atoms with Crippen LogP contribution < -0.4 is 5.32 Å². The Balaban J connectivity index is 2.09. The van der Waals surface area contributed by atoms with Gasteiger partial charge in [0.25, 0.3) is 0 Å². The molecule has 100 valence electrons. The van der Waals surface area contributed by atoms with Crippen molar-refractivity contribution in [3.05, 3.63) is 0 Å². The molecular formula is C12H24N2O2S. The molecule has 0 saturated carbocycles. The van der Waals surface area contributed by atoms with E-state index in [2.05, 4.69) is 19.2 Å². The highest BCUT2D eigenvalue weighted by Gasteiger charge is 2.19. The summed E-state index contributed by atoms with van der Waals surface area (Å²) in [6.45, 7) is 6.76. The van der Waals surface area contributed by atoms with Crippen LogP contribution in [0.1, 0.15) is 33.1 Å². The van der Waals surface area contributed by atoms with Gasteiger partial charge in [-0.1, -0.05) is 13.8 Å². The van der Waals surface area contributed by atoms with E-state index in [0.717, 1.165) is 38.9 Å². The quantitative estimate of drug-likeness (QED) is 0.687. The van der Waals surface area contributed by atoms with Gasteiger partial charge in [-0.2, -0.15) is 0 Å². The predicted molar refractivity (Wildman–Crippen MR) is 71.4 cm³/mol. The zero-order valence-electron chi connectivity index (χ0n) is 10.9. The van der Waals surface area contributed by atoms with E-state index in [4.69, 9.17) is 0 Å². The van der Waals surface area contributed by atoms with Crippen molar-refractivity contribution < 1.29 is 9.00 Å². The van der Waals surface area contributed by atoms with Gasteiger partial charge in [0.1, 0.15) is 5.75 Å². The average molecular weight is 260 g/mol. The highest BCUT2D eigenvalue weighted by molar-refractivity contribution is 7.85. The van der Waals surface area contributed by atoms with Crippen molar-refractivity contribution >= 4 is 16.7 Å². The molecule has 1 amide bonds. The highest BCUT2D eigenvalue weighted by atomic mass is 32.2. The Kier molecular flexibility index (Phi) is 6.73. The Bertz CT molecular complexity index is 263. The van der Waals surface area contributed by atoms with Crippen LogP contribution in [-0.4, -0.2) is 52.2 Å². The van der Waals surface area contributed by atoms with Crippen molar-refractivity contribution in [2.75, 3.05) is 31.1 Å². The summed E-state index contributed by atoms with van der Waals surface area (Å²) >= 11 is 0. The van der Waals surface area contributed by atoms with Crippen molar-refractivity contribution in [2.24, 2.45) is 0 Å². The number of rotatable bonds is 7. The lowest BCUT2D eigenvalue weighted by atomic mass is 10.4. The van der Waals surface area contributed by atoms with Crippen LogP contribution in [0.3, 0.4) is 0 Å². The first-order chi connectivity index (χ1) is 8.09. The van der Waals surface area contributed by atoms with E-state index in [0.29, 0.717) is 11.8 Å². The third-order valence-electron chi connectivity index (χ3n) is 2.84. The molecule has 0 aliphatic carbocycles. The lowest BCUT2D eigenvalue weighted by Crippen LogP contribution is -2.32. The average Bonchev–Trinajstić information content (AvgIpc) is 2.77. The van der Waals surface area contributed by atoms with Gasteiger partial charge < -0.3 is 10.2 Å². The van der Waals surface area contributed by atoms with Gasteiger partial charge in [0.05, 0.1) is 0 Å². The molecule has 1 saturated heterocycles. The van der Waals surface area contributed by atoms with Crippen molar-refractivity contribution in [3.8, 4) is 0 Å². The largest absolute Gasteiger partial charge is 0.342 e. The van der Waals surface area contributed by atoms with Gasteiger partial charge in [-0.3, -0.25) is 9.00 Å². The number of hydrogen-bond donors (Lipinski definition) is 1. The van der Waals surface area contributed by atoms with Crippen molar-refractivity contribution in [3.63, 3.8) is 0 Å². The Hall–Kier alpha value is -0.420. The maximum atomic E-state index is 11.7. The highest BCUT2D eigenvalue weighted by Crippen LogP contribution is 2.07. The minimum absolute atomic E-state index is 0.0673. The minimum Gasteiger partial charge on any atom is -0.342 e. The first-order valence-corrected chi connectivity index (χ1v) is 7.94. The van der Waals surface area contributed by atoms with Crippen molar-refractivity contribution in [2.45, 2.75) is 39.2 Å². The van der Waals surface area contributed by atoms with Crippen LogP contribution in [0.2, 0.25) is 0 Å². The smallest absolute Gasteiger partial charge is 0.235 e. The maximum Gasteiger partial charge on any atom is 0.235 e. The number of carbonyl (C=O) groups is 1. The molecule has 1 atom stereocenters. The predicted octanol–water partition coefficient (Wildman–Crippen LogP) is 0.746. The van der Waals surface area contributed by atoms with Gasteiger partial charge >= 0.3 is 0 Å². The van der Waals surface area contributed by atoms with Gasteiger partial charge in [-0.25, -0.2) is 0 Å². The minimum atomic E-state index is -0.992. The first-order valence-electron chi connectivity index (χ1n) is 6.45. The Morgan fingerprint density at radius 1 is 1.35 bits per heavy atom. The molecule has 1 rings (SSSR count). The first kappa shape index (κ1) is 14.6. The summed E-state index contributed by atoms with van der Waals surface area (Å²) in [5.41, 5.74) is 0. The Morgan fingerprint density at radius 2 is 2.00 bits per heavy atom. The molecule has 0 spiro atoms. The van der Waals surface area contributed by atoms with Gasteiger partial charge in [0.2, 0.25) is 5.91 Å². The standard InChI is InChI=1S/C12H24N2O2S/c1-11(2)13-6-5-9-17(16)10-12(15)14-7-3-4-8-14/h11,13H,3-10H2,1-2H3. The lowest BCUT2D eigenvalue weighted by molar-refractivity contribution is -0.127. The second-order valence-corrected chi connectivity index (χ2v) is 6.42. The lowest BCUT2D eigenvalue weighted by Gasteiger charge is -2.14. The van der Waals surface area contributed by atoms with Crippen LogP contribution in [0.15, 0.2) is 0 Å². The topological polar surface area (TPSA) is 49.4 Å². The number of amides is 1. The van der Waals surface area contributed by atoms with Crippen LogP contribution in [0.4, 0.5) is 0 Å². The van der Waals surface area contributed by atoms with Crippen LogP contribution in [-0.2, 0) is 15.6 Å². The summed E-state index contributed by atoms with van der Waals surface area (Å²) in [4.78, 5) is 13.6. The Labute approximate surface area is 107 Å². The normalized spacial score (nSPS) is 17.7. The molecule has 0 radical (unpaired) electrons. The van der Waals surface area contributed by atoms with E-state index in [1.807, 2.05) is 4.90 Å². The molecule has 0 bridgehead atoms. The van der Waals surface area contributed by atoms with Gasteiger partial charge in [-0.15, -0.1) is 0 Å². The molecule has 1 fully saturated rings. The SMILES string of the molecule is CC(C)NCCCS(=O)CC(=O)N1CCCC1. The molecule has 0 aromatic heterocycles. The van der Waals surface area contributed by atoms with Crippen molar-refractivity contribution in [1.82, 2.24) is 10.2 Å². The van der Waals surface area contributed by atoms with E-state index in [-0.39, 0.29) is 11.7 Å². The van der Waals surface area contributed by atoms with Crippen LogP contribution in [0.5, 0.6) is 0 Å². The van der Waals surface area contributed by atoms with E-state index >= 15 is 0 Å². The summed E-state index contributed by atoms with van der Waals surface area (Å²) in [6.07, 6.45) is 3.06. The second-order valence-electron chi connectivity index (χ2n) is 4.84. The monoisotopic (exact) mass is 260 g/mol. The molecule has 1 heterocycles. The fourth-order valence-electron chi connectivity index (χ4n) is 1.89. The van der Waals surface area contributed by atoms with E-state index < -0.39 is 10.8 Å². The van der Waals surface area contributed by atoms with Crippen LogP contribution in [0.25, 0.3) is 0 Å². The number of nitrogens with zero attached hydrogens (tertiary/aromatic N) is 1. The summed E-state index contributed by atoms with van der Waals surface area (Å²) in [7, 11) is -0.992. The zero-order chi connectivity index (χ0) is 12.7. The molecule has 17 heavy (non-hydrogen) atoms. The van der Waals surface area contributed by atoms with Crippen LogP contribution >= 0.6 is 0 Å². The summed E-state index contributed by atoms with van der Waals surface area (Å²) in [5, 5.41) is 3.28. The molecule has 5 heteroatoms. The zero-order valence-corrected chi connectivity index (χ0v) is 11.7. The summed E-state index contributed by atoms with van der Waals surface area (Å²) in [6, 6.07) is 0.467. The molecule has 1 aliphatic heterocycles. The van der Waals surface area contributed by atoms with E-state index in [1.165, 1.54) is 0 Å². The number of hydrogen-bond acceptors (Lipinski definition) is 3. The fraction of sp³-hybridized carbons (Fsp3) is 0.917. The molecular weight excluding hydrogens is 236 g/mol. The summed E-state index contributed by atoms with van der Waals surface area (Å²) in [5.74, 6) is 0.902. The van der Waals surface area contributed by atoms with Gasteiger partial charge in [0.15, 0.2) is 0 Å². The second kappa shape index (κ2) is 7.82. The fourth-order valence-corrected chi connectivity index (χ4v) is 2.96. The maximum absolute atomic E-state index is 11.7. The number of carbonyl (C=O) groups excluding carboxylic acids is 1. The van der Waals surface area contributed by atoms with Crippen LogP contribution in [0, 0.1) is 0 Å². The van der Waals surface area contributed by atoms with Gasteiger partial charge in [0, 0.05) is 35.7 Å². The molecule has 4 nitrogen and oxygen atoms in total. The van der Waals surface area contributed by atoms with E-state index in [9.17, 15) is 9.00 Å². The molecule has 0 aromatic carbocycles. The summed E-state index contributed by atoms with van der Waals surface area (Å²) < 4.78 is 11.7. The molecule has 1 unspecified atom stereocenters.